The summed E-state index contributed by atoms with van der Waals surface area (Å²) in [6.45, 7) is 3.83. The summed E-state index contributed by atoms with van der Waals surface area (Å²) in [6.07, 6.45) is 0.236. The number of carbonyl (C=O) groups excluding carboxylic acids is 3. The maximum absolute atomic E-state index is 11.8. The van der Waals surface area contributed by atoms with E-state index in [2.05, 4.69) is 0 Å². The molecule has 0 saturated carbocycles. The van der Waals surface area contributed by atoms with Crippen molar-refractivity contribution in [3.8, 4) is 0 Å². The van der Waals surface area contributed by atoms with Gasteiger partial charge in [-0.3, -0.25) is 14.4 Å². The summed E-state index contributed by atoms with van der Waals surface area (Å²) in [4.78, 5) is 35.2. The van der Waals surface area contributed by atoms with Crippen LogP contribution in [0.25, 0.3) is 6.08 Å². The summed E-state index contributed by atoms with van der Waals surface area (Å²) in [5, 5.41) is 0. The lowest BCUT2D eigenvalue weighted by Crippen LogP contribution is -2.61. The van der Waals surface area contributed by atoms with E-state index in [1.807, 2.05) is 42.5 Å². The van der Waals surface area contributed by atoms with E-state index in [1.165, 1.54) is 39.6 Å². The molecule has 2 rings (SSSR count). The normalized spacial score (nSPS) is 25.7. The van der Waals surface area contributed by atoms with Crippen LogP contribution in [-0.4, -0.2) is 67.2 Å². The van der Waals surface area contributed by atoms with Crippen molar-refractivity contribution in [3.05, 3.63) is 42.0 Å². The van der Waals surface area contributed by atoms with Crippen LogP contribution < -0.4 is 0 Å². The van der Waals surface area contributed by atoms with Gasteiger partial charge in [0.2, 0.25) is 0 Å². The molecule has 0 bridgehead atoms. The number of hydrogen-bond donors (Lipinski definition) is 0. The van der Waals surface area contributed by atoms with Crippen LogP contribution in [0.5, 0.6) is 0 Å². The molecule has 1 aromatic carbocycles. The van der Waals surface area contributed by atoms with E-state index in [0.717, 1.165) is 5.56 Å². The molecule has 1 aliphatic heterocycles. The first-order valence-electron chi connectivity index (χ1n) is 9.81. The Hall–Kier alpha value is -2.36. The first-order valence-corrected chi connectivity index (χ1v) is 10.9. The minimum absolute atomic E-state index is 0.0966. The van der Waals surface area contributed by atoms with Crippen molar-refractivity contribution in [1.29, 1.82) is 0 Å². The van der Waals surface area contributed by atoms with Gasteiger partial charge in [0.1, 0.15) is 11.5 Å². The molecule has 5 unspecified atom stereocenters. The molecule has 0 aliphatic carbocycles. The highest BCUT2D eigenvalue weighted by Crippen LogP contribution is 2.34. The van der Waals surface area contributed by atoms with Gasteiger partial charge in [0.15, 0.2) is 18.3 Å². The standard InChI is InChI=1S/C22H28O8S/c1-14(23)27-19-18(13-26-4)30-22(21(29-16(3)25)20(19)28-15(2)24)31-12-8-11-17-9-6-5-7-10-17/h5-11,18-22H,12-13H2,1-4H3/b11-8+. The number of ether oxygens (including phenoxy) is 5. The zero-order valence-corrected chi connectivity index (χ0v) is 18.8. The predicted molar refractivity (Wildman–Crippen MR) is 115 cm³/mol. The Balaban J connectivity index is 2.23. The highest BCUT2D eigenvalue weighted by Gasteiger charge is 2.51. The van der Waals surface area contributed by atoms with Crippen LogP contribution >= 0.6 is 11.8 Å². The largest absolute Gasteiger partial charge is 0.456 e. The summed E-state index contributed by atoms with van der Waals surface area (Å²) >= 11 is 1.37. The summed E-state index contributed by atoms with van der Waals surface area (Å²) in [5.74, 6) is -1.19. The van der Waals surface area contributed by atoms with E-state index in [-0.39, 0.29) is 6.61 Å². The van der Waals surface area contributed by atoms with E-state index < -0.39 is 47.8 Å². The third kappa shape index (κ3) is 8.01. The first kappa shape index (κ1) is 24.9. The van der Waals surface area contributed by atoms with Crippen molar-refractivity contribution in [1.82, 2.24) is 0 Å². The summed E-state index contributed by atoms with van der Waals surface area (Å²) in [7, 11) is 1.48. The van der Waals surface area contributed by atoms with Crippen molar-refractivity contribution >= 4 is 35.7 Å². The van der Waals surface area contributed by atoms with Crippen LogP contribution in [0.2, 0.25) is 0 Å². The second-order valence-electron chi connectivity index (χ2n) is 6.87. The second-order valence-corrected chi connectivity index (χ2v) is 8.00. The number of methoxy groups -OCH3 is 1. The molecule has 0 radical (unpaired) electrons. The van der Waals surface area contributed by atoms with Crippen LogP contribution in [0, 0.1) is 0 Å². The Morgan fingerprint density at radius 3 is 2.10 bits per heavy atom. The number of esters is 3. The second kappa shape index (κ2) is 12.5. The molecular weight excluding hydrogens is 424 g/mol. The van der Waals surface area contributed by atoms with Crippen LogP contribution in [0.4, 0.5) is 0 Å². The van der Waals surface area contributed by atoms with Gasteiger partial charge in [-0.05, 0) is 5.56 Å². The number of rotatable bonds is 9. The lowest BCUT2D eigenvalue weighted by atomic mass is 9.99. The Labute approximate surface area is 186 Å². The molecule has 0 amide bonds. The summed E-state index contributed by atoms with van der Waals surface area (Å²) < 4.78 is 27.6. The summed E-state index contributed by atoms with van der Waals surface area (Å²) in [6, 6.07) is 9.80. The maximum Gasteiger partial charge on any atom is 0.303 e. The molecule has 1 aromatic rings. The number of benzene rings is 1. The molecule has 5 atom stereocenters. The number of hydrogen-bond acceptors (Lipinski definition) is 9. The fraction of sp³-hybridized carbons (Fsp3) is 0.500. The van der Waals surface area contributed by atoms with Crippen molar-refractivity contribution in [2.45, 2.75) is 50.6 Å². The third-order valence-electron chi connectivity index (χ3n) is 4.29. The molecule has 0 spiro atoms. The lowest BCUT2D eigenvalue weighted by Gasteiger charge is -2.44. The van der Waals surface area contributed by atoms with Gasteiger partial charge in [-0.15, -0.1) is 11.8 Å². The Bertz CT molecular complexity index is 766. The molecule has 170 valence electrons. The SMILES string of the molecule is COCC1OC(SC/C=C/c2ccccc2)C(OC(C)=O)C(OC(C)=O)C1OC(C)=O. The van der Waals surface area contributed by atoms with Crippen LogP contribution in [-0.2, 0) is 38.1 Å². The van der Waals surface area contributed by atoms with Crippen molar-refractivity contribution < 1.29 is 38.1 Å². The zero-order chi connectivity index (χ0) is 22.8. The van der Waals surface area contributed by atoms with E-state index in [0.29, 0.717) is 5.75 Å². The Kier molecular flexibility index (Phi) is 10.0. The minimum Gasteiger partial charge on any atom is -0.456 e. The van der Waals surface area contributed by atoms with Crippen LogP contribution in [0.3, 0.4) is 0 Å². The lowest BCUT2D eigenvalue weighted by molar-refractivity contribution is -0.237. The van der Waals surface area contributed by atoms with E-state index in [4.69, 9.17) is 23.7 Å². The highest BCUT2D eigenvalue weighted by molar-refractivity contribution is 7.99. The van der Waals surface area contributed by atoms with Crippen molar-refractivity contribution in [2.75, 3.05) is 19.5 Å². The van der Waals surface area contributed by atoms with Crippen molar-refractivity contribution in [2.24, 2.45) is 0 Å². The van der Waals surface area contributed by atoms with E-state index in [9.17, 15) is 14.4 Å². The van der Waals surface area contributed by atoms with E-state index in [1.54, 1.807) is 0 Å². The van der Waals surface area contributed by atoms with Gasteiger partial charge in [-0.25, -0.2) is 0 Å². The van der Waals surface area contributed by atoms with Crippen molar-refractivity contribution in [3.63, 3.8) is 0 Å². The number of thioether (sulfide) groups is 1. The van der Waals surface area contributed by atoms with Gasteiger partial charge < -0.3 is 23.7 Å². The third-order valence-corrected chi connectivity index (χ3v) is 5.39. The maximum atomic E-state index is 11.8. The fourth-order valence-electron chi connectivity index (χ4n) is 3.19. The summed E-state index contributed by atoms with van der Waals surface area (Å²) in [5.41, 5.74) is 0.384. The minimum atomic E-state index is -1.03. The molecule has 0 aromatic heterocycles. The van der Waals surface area contributed by atoms with Gasteiger partial charge in [-0.1, -0.05) is 42.5 Å². The van der Waals surface area contributed by atoms with Gasteiger partial charge in [0, 0.05) is 33.6 Å². The molecule has 1 aliphatic rings. The fourth-order valence-corrected chi connectivity index (χ4v) is 4.20. The van der Waals surface area contributed by atoms with Crippen LogP contribution in [0.1, 0.15) is 26.3 Å². The van der Waals surface area contributed by atoms with Gasteiger partial charge in [-0.2, -0.15) is 0 Å². The smallest absolute Gasteiger partial charge is 0.303 e. The average molecular weight is 453 g/mol. The number of carbonyl (C=O) groups is 3. The molecule has 1 fully saturated rings. The Morgan fingerprint density at radius 2 is 1.52 bits per heavy atom. The molecule has 1 heterocycles. The molecule has 8 nitrogen and oxygen atoms in total. The zero-order valence-electron chi connectivity index (χ0n) is 18.0. The van der Waals surface area contributed by atoms with Gasteiger partial charge in [0.05, 0.1) is 6.61 Å². The van der Waals surface area contributed by atoms with Gasteiger partial charge >= 0.3 is 17.9 Å². The monoisotopic (exact) mass is 452 g/mol. The topological polar surface area (TPSA) is 97.4 Å². The van der Waals surface area contributed by atoms with Gasteiger partial charge in [0.25, 0.3) is 0 Å². The first-order chi connectivity index (χ1) is 14.8. The highest BCUT2D eigenvalue weighted by atomic mass is 32.2. The Morgan fingerprint density at radius 1 is 0.935 bits per heavy atom. The molecule has 9 heteroatoms. The van der Waals surface area contributed by atoms with Crippen LogP contribution in [0.15, 0.2) is 36.4 Å². The molecular formula is C22H28O8S. The quantitative estimate of drug-likeness (QED) is 0.414. The molecule has 31 heavy (non-hydrogen) atoms. The molecule has 1 saturated heterocycles. The average Bonchev–Trinajstić information content (AvgIpc) is 2.70. The predicted octanol–water partition coefficient (Wildman–Crippen LogP) is 2.60. The van der Waals surface area contributed by atoms with E-state index >= 15 is 0 Å². The molecule has 0 N–H and O–H groups in total.